The predicted molar refractivity (Wildman–Crippen MR) is 50.5 cm³/mol. The molecule has 0 bridgehead atoms. The molecule has 0 amide bonds. The molecule has 0 N–H and O–H groups in total. The monoisotopic (exact) mass is 176 g/mol. The first-order valence-electron chi connectivity index (χ1n) is 4.40. The van der Waals surface area contributed by atoms with Gasteiger partial charge in [0.1, 0.15) is 5.65 Å². The van der Waals surface area contributed by atoms with E-state index in [4.69, 9.17) is 4.74 Å². The van der Waals surface area contributed by atoms with Gasteiger partial charge in [0.2, 0.25) is 0 Å². The summed E-state index contributed by atoms with van der Waals surface area (Å²) in [5.41, 5.74) is 1.95. The number of hydrogen-bond donors (Lipinski definition) is 0. The van der Waals surface area contributed by atoms with Crippen LogP contribution in [0.3, 0.4) is 0 Å². The minimum absolute atomic E-state index is 0.595. The zero-order chi connectivity index (χ0) is 9.10. The van der Waals surface area contributed by atoms with Crippen molar-refractivity contribution in [2.24, 2.45) is 0 Å². The smallest absolute Gasteiger partial charge is 0.137 e. The zero-order valence-corrected chi connectivity index (χ0v) is 7.60. The molecule has 0 aliphatic rings. The van der Waals surface area contributed by atoms with Crippen LogP contribution in [0.15, 0.2) is 30.6 Å². The molecule has 0 radical (unpaired) electrons. The SMILES string of the molecule is CCOCc1cn2ccccc2n1. The van der Waals surface area contributed by atoms with Gasteiger partial charge in [-0.3, -0.25) is 0 Å². The average Bonchev–Trinajstić information content (AvgIpc) is 2.57. The molecule has 0 fully saturated rings. The number of hydrogen-bond acceptors (Lipinski definition) is 2. The van der Waals surface area contributed by atoms with E-state index in [0.717, 1.165) is 17.9 Å². The van der Waals surface area contributed by atoms with Crippen molar-refractivity contribution in [3.05, 3.63) is 36.3 Å². The highest BCUT2D eigenvalue weighted by Crippen LogP contribution is 2.05. The third kappa shape index (κ3) is 1.70. The van der Waals surface area contributed by atoms with Gasteiger partial charge in [-0.05, 0) is 19.1 Å². The van der Waals surface area contributed by atoms with E-state index < -0.39 is 0 Å². The van der Waals surface area contributed by atoms with Crippen LogP contribution >= 0.6 is 0 Å². The summed E-state index contributed by atoms with van der Waals surface area (Å²) < 4.78 is 7.27. The molecular weight excluding hydrogens is 164 g/mol. The summed E-state index contributed by atoms with van der Waals surface area (Å²) >= 11 is 0. The summed E-state index contributed by atoms with van der Waals surface area (Å²) in [6.07, 6.45) is 3.97. The quantitative estimate of drug-likeness (QED) is 0.713. The molecular formula is C10H12N2O. The molecule has 2 aromatic heterocycles. The molecule has 0 aromatic carbocycles. The first-order chi connectivity index (χ1) is 6.40. The number of ether oxygens (including phenoxy) is 1. The molecule has 0 aliphatic heterocycles. The maximum atomic E-state index is 5.27. The van der Waals surface area contributed by atoms with E-state index in [-0.39, 0.29) is 0 Å². The molecule has 2 rings (SSSR count). The summed E-state index contributed by atoms with van der Waals surface area (Å²) in [6, 6.07) is 5.95. The Labute approximate surface area is 77.0 Å². The number of pyridine rings is 1. The molecule has 68 valence electrons. The Morgan fingerprint density at radius 3 is 3.15 bits per heavy atom. The predicted octanol–water partition coefficient (Wildman–Crippen LogP) is 1.87. The fraction of sp³-hybridized carbons (Fsp3) is 0.300. The van der Waals surface area contributed by atoms with Crippen LogP contribution in [-0.4, -0.2) is 16.0 Å². The molecule has 2 aromatic rings. The van der Waals surface area contributed by atoms with E-state index in [1.807, 2.05) is 41.9 Å². The van der Waals surface area contributed by atoms with E-state index >= 15 is 0 Å². The molecule has 0 saturated carbocycles. The largest absolute Gasteiger partial charge is 0.375 e. The lowest BCUT2D eigenvalue weighted by Gasteiger charge is -1.93. The van der Waals surface area contributed by atoms with Crippen LogP contribution in [0.2, 0.25) is 0 Å². The average molecular weight is 176 g/mol. The number of rotatable bonds is 3. The summed E-state index contributed by atoms with van der Waals surface area (Å²) in [6.45, 7) is 3.31. The van der Waals surface area contributed by atoms with Crippen molar-refractivity contribution < 1.29 is 4.74 Å². The number of aromatic nitrogens is 2. The lowest BCUT2D eigenvalue weighted by Crippen LogP contribution is -1.90. The zero-order valence-electron chi connectivity index (χ0n) is 7.60. The van der Waals surface area contributed by atoms with Crippen LogP contribution in [0.5, 0.6) is 0 Å². The van der Waals surface area contributed by atoms with Crippen molar-refractivity contribution in [3.8, 4) is 0 Å². The summed E-state index contributed by atoms with van der Waals surface area (Å²) in [4.78, 5) is 4.39. The summed E-state index contributed by atoms with van der Waals surface area (Å²) in [7, 11) is 0. The van der Waals surface area contributed by atoms with E-state index in [2.05, 4.69) is 4.98 Å². The van der Waals surface area contributed by atoms with Gasteiger partial charge < -0.3 is 9.14 Å². The van der Waals surface area contributed by atoms with E-state index in [1.54, 1.807) is 0 Å². The van der Waals surface area contributed by atoms with Crippen molar-refractivity contribution in [3.63, 3.8) is 0 Å². The molecule has 0 saturated heterocycles. The maximum absolute atomic E-state index is 5.27. The minimum Gasteiger partial charge on any atom is -0.375 e. The van der Waals surface area contributed by atoms with Gasteiger partial charge in [0.15, 0.2) is 0 Å². The van der Waals surface area contributed by atoms with E-state index in [0.29, 0.717) is 6.61 Å². The molecule has 3 heteroatoms. The number of nitrogens with zero attached hydrogens (tertiary/aromatic N) is 2. The van der Waals surface area contributed by atoms with Gasteiger partial charge in [-0.1, -0.05) is 6.07 Å². The van der Waals surface area contributed by atoms with Crippen molar-refractivity contribution in [1.82, 2.24) is 9.38 Å². The van der Waals surface area contributed by atoms with Gasteiger partial charge in [0.25, 0.3) is 0 Å². The highest BCUT2D eigenvalue weighted by atomic mass is 16.5. The molecule has 0 aliphatic carbocycles. The van der Waals surface area contributed by atoms with Crippen LogP contribution < -0.4 is 0 Å². The molecule has 3 nitrogen and oxygen atoms in total. The third-order valence-electron chi connectivity index (χ3n) is 1.87. The second kappa shape index (κ2) is 3.58. The van der Waals surface area contributed by atoms with Gasteiger partial charge in [-0.15, -0.1) is 0 Å². The first kappa shape index (κ1) is 8.26. The molecule has 0 atom stereocenters. The van der Waals surface area contributed by atoms with E-state index in [1.165, 1.54) is 0 Å². The Kier molecular flexibility index (Phi) is 2.27. The van der Waals surface area contributed by atoms with Gasteiger partial charge >= 0.3 is 0 Å². The fourth-order valence-corrected chi connectivity index (χ4v) is 1.26. The highest BCUT2D eigenvalue weighted by molar-refractivity contribution is 5.39. The Bertz CT molecular complexity index is 361. The van der Waals surface area contributed by atoms with E-state index in [9.17, 15) is 0 Å². The number of fused-ring (bicyclic) bond motifs is 1. The normalized spacial score (nSPS) is 10.8. The van der Waals surface area contributed by atoms with Gasteiger partial charge in [-0.25, -0.2) is 4.98 Å². The van der Waals surface area contributed by atoms with Crippen LogP contribution in [0, 0.1) is 0 Å². The van der Waals surface area contributed by atoms with Crippen LogP contribution in [-0.2, 0) is 11.3 Å². The molecule has 0 unspecified atom stereocenters. The second-order valence-electron chi connectivity index (χ2n) is 2.84. The van der Waals surface area contributed by atoms with Crippen molar-refractivity contribution >= 4 is 5.65 Å². The van der Waals surface area contributed by atoms with Crippen molar-refractivity contribution in [1.29, 1.82) is 0 Å². The topological polar surface area (TPSA) is 26.5 Å². The van der Waals surface area contributed by atoms with Crippen LogP contribution in [0.1, 0.15) is 12.6 Å². The Morgan fingerprint density at radius 1 is 1.46 bits per heavy atom. The van der Waals surface area contributed by atoms with Gasteiger partial charge in [0.05, 0.1) is 12.3 Å². The van der Waals surface area contributed by atoms with Crippen molar-refractivity contribution in [2.75, 3.05) is 6.61 Å². The molecule has 0 spiro atoms. The second-order valence-corrected chi connectivity index (χ2v) is 2.84. The first-order valence-corrected chi connectivity index (χ1v) is 4.40. The standard InChI is InChI=1S/C10H12N2O/c1-2-13-8-9-7-12-6-4-3-5-10(12)11-9/h3-7H,2,8H2,1H3. The van der Waals surface area contributed by atoms with Crippen LogP contribution in [0.4, 0.5) is 0 Å². The Morgan fingerprint density at radius 2 is 2.38 bits per heavy atom. The fourth-order valence-electron chi connectivity index (χ4n) is 1.26. The van der Waals surface area contributed by atoms with Crippen LogP contribution in [0.25, 0.3) is 5.65 Å². The summed E-state index contributed by atoms with van der Waals surface area (Å²) in [5.74, 6) is 0. The Balaban J connectivity index is 2.28. The van der Waals surface area contributed by atoms with Gasteiger partial charge in [0, 0.05) is 19.0 Å². The van der Waals surface area contributed by atoms with Gasteiger partial charge in [-0.2, -0.15) is 0 Å². The summed E-state index contributed by atoms with van der Waals surface area (Å²) in [5, 5.41) is 0. The lowest BCUT2D eigenvalue weighted by molar-refractivity contribution is 0.131. The lowest BCUT2D eigenvalue weighted by atomic mass is 10.5. The number of imidazole rings is 1. The van der Waals surface area contributed by atoms with Crippen molar-refractivity contribution in [2.45, 2.75) is 13.5 Å². The molecule has 2 heterocycles. The third-order valence-corrected chi connectivity index (χ3v) is 1.87. The minimum atomic E-state index is 0.595. The molecule has 13 heavy (non-hydrogen) atoms. The highest BCUT2D eigenvalue weighted by Gasteiger charge is 1.98. The Hall–Kier alpha value is -1.35. The maximum Gasteiger partial charge on any atom is 0.137 e.